The Hall–Kier alpha value is -2.14. The molecular formula is C18H21NO3S. The fourth-order valence-corrected chi connectivity index (χ4v) is 3.26. The second-order valence-corrected chi connectivity index (χ2v) is 7.17. The third-order valence-electron chi connectivity index (χ3n) is 3.60. The molecule has 0 atom stereocenters. The Morgan fingerprint density at radius 2 is 1.61 bits per heavy atom. The molecule has 0 spiro atoms. The maximum atomic E-state index is 12.3. The zero-order valence-electron chi connectivity index (χ0n) is 13.4. The number of rotatable bonds is 7. The van der Waals surface area contributed by atoms with Gasteiger partial charge < -0.3 is 0 Å². The second-order valence-electron chi connectivity index (χ2n) is 5.49. The van der Waals surface area contributed by atoms with E-state index in [9.17, 15) is 13.2 Å². The lowest BCUT2D eigenvalue weighted by molar-refractivity contribution is 0.101. The summed E-state index contributed by atoms with van der Waals surface area (Å²) in [6.07, 6.45) is 3.24. The van der Waals surface area contributed by atoms with Crippen molar-refractivity contribution in [3.05, 3.63) is 59.7 Å². The zero-order valence-corrected chi connectivity index (χ0v) is 14.2. The molecule has 0 saturated carbocycles. The minimum atomic E-state index is -3.65. The van der Waals surface area contributed by atoms with Crippen LogP contribution in [0, 0.1) is 0 Å². The predicted octanol–water partition coefficient (Wildman–Crippen LogP) is 4.03. The monoisotopic (exact) mass is 331 g/mol. The van der Waals surface area contributed by atoms with Gasteiger partial charge in [-0.3, -0.25) is 9.52 Å². The molecule has 0 aliphatic rings. The predicted molar refractivity (Wildman–Crippen MR) is 92.3 cm³/mol. The molecule has 2 aromatic carbocycles. The first-order valence-corrected chi connectivity index (χ1v) is 9.13. The molecule has 0 unspecified atom stereocenters. The molecular weight excluding hydrogens is 310 g/mol. The molecule has 122 valence electrons. The molecule has 2 aromatic rings. The number of carbonyl (C=O) groups is 1. The van der Waals surface area contributed by atoms with Crippen molar-refractivity contribution in [1.82, 2.24) is 0 Å². The van der Waals surface area contributed by atoms with Crippen LogP contribution >= 0.6 is 0 Å². The lowest BCUT2D eigenvalue weighted by Crippen LogP contribution is -2.13. The van der Waals surface area contributed by atoms with Gasteiger partial charge >= 0.3 is 0 Å². The number of nitrogens with one attached hydrogen (secondary N) is 1. The molecule has 5 heteroatoms. The molecule has 1 N–H and O–H groups in total. The summed E-state index contributed by atoms with van der Waals surface area (Å²) in [5, 5.41) is 0. The highest BCUT2D eigenvalue weighted by atomic mass is 32.2. The molecule has 0 bridgehead atoms. The van der Waals surface area contributed by atoms with Gasteiger partial charge in [-0.2, -0.15) is 0 Å². The highest BCUT2D eigenvalue weighted by molar-refractivity contribution is 7.92. The van der Waals surface area contributed by atoms with Crippen LogP contribution in [0.5, 0.6) is 0 Å². The lowest BCUT2D eigenvalue weighted by Gasteiger charge is -2.09. The fraction of sp³-hybridized carbons (Fsp3) is 0.278. The van der Waals surface area contributed by atoms with Crippen LogP contribution in [0.3, 0.4) is 0 Å². The van der Waals surface area contributed by atoms with Gasteiger partial charge in [-0.25, -0.2) is 8.42 Å². The first-order chi connectivity index (χ1) is 10.9. The number of anilines is 1. The van der Waals surface area contributed by atoms with Crippen LogP contribution in [0.4, 0.5) is 5.69 Å². The molecule has 0 aliphatic heterocycles. The molecule has 2 rings (SSSR count). The van der Waals surface area contributed by atoms with Crippen molar-refractivity contribution in [3.63, 3.8) is 0 Å². The second kappa shape index (κ2) is 7.42. The van der Waals surface area contributed by atoms with E-state index in [0.717, 1.165) is 19.3 Å². The highest BCUT2D eigenvalue weighted by Gasteiger charge is 2.14. The van der Waals surface area contributed by atoms with Crippen LogP contribution in [0.15, 0.2) is 53.4 Å². The third kappa shape index (κ3) is 4.66. The van der Waals surface area contributed by atoms with E-state index in [1.165, 1.54) is 36.8 Å². The Morgan fingerprint density at radius 3 is 2.13 bits per heavy atom. The smallest absolute Gasteiger partial charge is 0.261 e. The van der Waals surface area contributed by atoms with Gasteiger partial charge in [-0.15, -0.1) is 0 Å². The summed E-state index contributed by atoms with van der Waals surface area (Å²) in [4.78, 5) is 11.4. The summed E-state index contributed by atoms with van der Waals surface area (Å²) < 4.78 is 27.2. The Labute approximate surface area is 137 Å². The Balaban J connectivity index is 2.12. The molecule has 4 nitrogen and oxygen atoms in total. The van der Waals surface area contributed by atoms with Crippen molar-refractivity contribution in [2.45, 2.75) is 38.0 Å². The Kier molecular flexibility index (Phi) is 5.55. The van der Waals surface area contributed by atoms with Gasteiger partial charge in [0, 0.05) is 11.3 Å². The van der Waals surface area contributed by atoms with Crippen LogP contribution in [-0.4, -0.2) is 14.2 Å². The SMILES string of the molecule is CCCCc1ccc(NS(=O)(=O)c2ccc(C(C)=O)cc2)cc1. The number of Topliss-reactive ketones (excluding diaryl/α,β-unsaturated/α-hetero) is 1. The summed E-state index contributed by atoms with van der Waals surface area (Å²) in [6, 6.07) is 13.3. The molecule has 0 radical (unpaired) electrons. The number of hydrogen-bond donors (Lipinski definition) is 1. The maximum Gasteiger partial charge on any atom is 0.261 e. The van der Waals surface area contributed by atoms with Gasteiger partial charge in [0.1, 0.15) is 0 Å². The van der Waals surface area contributed by atoms with E-state index in [-0.39, 0.29) is 10.7 Å². The van der Waals surface area contributed by atoms with Crippen LogP contribution in [0.25, 0.3) is 0 Å². The van der Waals surface area contributed by atoms with E-state index in [4.69, 9.17) is 0 Å². The van der Waals surface area contributed by atoms with Crippen LogP contribution in [0.2, 0.25) is 0 Å². The Morgan fingerprint density at radius 1 is 1.00 bits per heavy atom. The van der Waals surface area contributed by atoms with E-state index >= 15 is 0 Å². The van der Waals surface area contributed by atoms with Crippen LogP contribution < -0.4 is 4.72 Å². The van der Waals surface area contributed by atoms with Gasteiger partial charge in [-0.1, -0.05) is 37.6 Å². The summed E-state index contributed by atoms with van der Waals surface area (Å²) in [7, 11) is -3.65. The third-order valence-corrected chi connectivity index (χ3v) is 4.99. The molecule has 23 heavy (non-hydrogen) atoms. The van der Waals surface area contributed by atoms with E-state index in [2.05, 4.69) is 11.6 Å². The minimum Gasteiger partial charge on any atom is -0.295 e. The van der Waals surface area contributed by atoms with Gasteiger partial charge in [0.2, 0.25) is 0 Å². The molecule has 0 amide bonds. The molecule has 0 aliphatic carbocycles. The summed E-state index contributed by atoms with van der Waals surface area (Å²) in [5.41, 5.74) is 2.21. The number of benzene rings is 2. The van der Waals surface area contributed by atoms with Gasteiger partial charge in [0.15, 0.2) is 5.78 Å². The normalized spacial score (nSPS) is 11.2. The van der Waals surface area contributed by atoms with Crippen LogP contribution in [0.1, 0.15) is 42.6 Å². The van der Waals surface area contributed by atoms with Gasteiger partial charge in [0.05, 0.1) is 4.90 Å². The summed E-state index contributed by atoms with van der Waals surface area (Å²) in [5.74, 6) is -0.0930. The largest absolute Gasteiger partial charge is 0.295 e. The number of hydrogen-bond acceptors (Lipinski definition) is 3. The average Bonchev–Trinajstić information content (AvgIpc) is 2.54. The fourth-order valence-electron chi connectivity index (χ4n) is 2.20. The molecule has 0 aromatic heterocycles. The van der Waals surface area contributed by atoms with Crippen molar-refractivity contribution >= 4 is 21.5 Å². The highest BCUT2D eigenvalue weighted by Crippen LogP contribution is 2.18. The van der Waals surface area contributed by atoms with E-state index in [1.807, 2.05) is 12.1 Å². The zero-order chi connectivity index (χ0) is 16.9. The van der Waals surface area contributed by atoms with E-state index in [0.29, 0.717) is 11.3 Å². The van der Waals surface area contributed by atoms with Gasteiger partial charge in [0.25, 0.3) is 10.0 Å². The van der Waals surface area contributed by atoms with Crippen molar-refractivity contribution in [2.75, 3.05) is 4.72 Å². The molecule has 0 heterocycles. The van der Waals surface area contributed by atoms with E-state index in [1.54, 1.807) is 12.1 Å². The minimum absolute atomic E-state index is 0.0930. The number of ketones is 1. The average molecular weight is 331 g/mol. The molecule has 0 fully saturated rings. The standard InChI is InChI=1S/C18H21NO3S/c1-3-4-5-15-6-10-17(11-7-15)19-23(21,22)18-12-8-16(9-13-18)14(2)20/h6-13,19H,3-5H2,1-2H3. The summed E-state index contributed by atoms with van der Waals surface area (Å²) >= 11 is 0. The quantitative estimate of drug-likeness (QED) is 0.779. The molecule has 0 saturated heterocycles. The summed E-state index contributed by atoms with van der Waals surface area (Å²) in [6.45, 7) is 3.59. The van der Waals surface area contributed by atoms with Crippen molar-refractivity contribution in [3.8, 4) is 0 Å². The van der Waals surface area contributed by atoms with Gasteiger partial charge in [-0.05, 0) is 49.6 Å². The van der Waals surface area contributed by atoms with Crippen molar-refractivity contribution in [2.24, 2.45) is 0 Å². The first-order valence-electron chi connectivity index (χ1n) is 7.65. The number of carbonyl (C=O) groups excluding carboxylic acids is 1. The van der Waals surface area contributed by atoms with Crippen molar-refractivity contribution < 1.29 is 13.2 Å². The maximum absolute atomic E-state index is 12.3. The van der Waals surface area contributed by atoms with E-state index < -0.39 is 10.0 Å². The Bertz CT molecular complexity index is 763. The number of unbranched alkanes of at least 4 members (excludes halogenated alkanes) is 1. The van der Waals surface area contributed by atoms with Crippen molar-refractivity contribution in [1.29, 1.82) is 0 Å². The van der Waals surface area contributed by atoms with Crippen LogP contribution in [-0.2, 0) is 16.4 Å². The first kappa shape index (κ1) is 17.2. The topological polar surface area (TPSA) is 63.2 Å². The number of aryl methyl sites for hydroxylation is 1. The lowest BCUT2D eigenvalue weighted by atomic mass is 10.1. The number of sulfonamides is 1.